The molecule has 0 amide bonds. The van der Waals surface area contributed by atoms with Gasteiger partial charge in [0.05, 0.1) is 0 Å². The van der Waals surface area contributed by atoms with Crippen LogP contribution in [0.4, 0.5) is 0 Å². The van der Waals surface area contributed by atoms with Crippen molar-refractivity contribution in [1.29, 1.82) is 0 Å². The number of unbranched alkanes of at least 4 members (excludes halogenated alkanes) is 12. The Bertz CT molecular complexity index is 281. The molecule has 0 aromatic heterocycles. The standard InChI is InChI=1S/C20H36O2/c1-2-3-4-5-6-7-8-9-10-11-12-13-14-15-16-17-18-19-20(21)22/h2,16-17H,1,3-15,18-19H2,(H,21,22). The predicted molar refractivity (Wildman–Crippen MR) is 96.2 cm³/mol. The molecule has 0 aromatic rings. The van der Waals surface area contributed by atoms with Crippen LogP contribution >= 0.6 is 0 Å². The Morgan fingerprint density at radius 3 is 1.55 bits per heavy atom. The van der Waals surface area contributed by atoms with Gasteiger partial charge in [-0.15, -0.1) is 6.58 Å². The molecule has 0 aliphatic heterocycles. The molecule has 128 valence electrons. The Kier molecular flexibility index (Phi) is 17.1. The number of aliphatic carboxylic acids is 1. The quantitative estimate of drug-likeness (QED) is 0.241. The topological polar surface area (TPSA) is 37.3 Å². The van der Waals surface area contributed by atoms with E-state index >= 15 is 0 Å². The van der Waals surface area contributed by atoms with Gasteiger partial charge in [0.25, 0.3) is 0 Å². The molecule has 0 saturated carbocycles. The second kappa shape index (κ2) is 18.0. The van der Waals surface area contributed by atoms with Crippen molar-refractivity contribution in [2.75, 3.05) is 0 Å². The van der Waals surface area contributed by atoms with Gasteiger partial charge in [-0.1, -0.05) is 76.0 Å². The van der Waals surface area contributed by atoms with Crippen LogP contribution in [-0.4, -0.2) is 11.1 Å². The van der Waals surface area contributed by atoms with E-state index in [1.165, 1.54) is 77.0 Å². The van der Waals surface area contributed by atoms with Crippen molar-refractivity contribution in [3.8, 4) is 0 Å². The summed E-state index contributed by atoms with van der Waals surface area (Å²) in [6.45, 7) is 3.75. The van der Waals surface area contributed by atoms with Gasteiger partial charge in [-0.25, -0.2) is 0 Å². The highest BCUT2D eigenvalue weighted by molar-refractivity contribution is 5.66. The molecular weight excluding hydrogens is 272 g/mol. The zero-order chi connectivity index (χ0) is 16.3. The van der Waals surface area contributed by atoms with Crippen LogP contribution in [0.1, 0.15) is 96.3 Å². The molecule has 0 aliphatic carbocycles. The number of carboxylic acids is 1. The van der Waals surface area contributed by atoms with Gasteiger partial charge in [0.1, 0.15) is 0 Å². The lowest BCUT2D eigenvalue weighted by atomic mass is 10.0. The lowest BCUT2D eigenvalue weighted by molar-refractivity contribution is -0.136. The molecule has 0 aliphatic rings. The van der Waals surface area contributed by atoms with Crippen LogP contribution in [0.3, 0.4) is 0 Å². The smallest absolute Gasteiger partial charge is 0.303 e. The summed E-state index contributed by atoms with van der Waals surface area (Å²) in [7, 11) is 0. The molecule has 0 radical (unpaired) electrons. The zero-order valence-corrected chi connectivity index (χ0v) is 14.4. The highest BCUT2D eigenvalue weighted by Crippen LogP contribution is 2.12. The summed E-state index contributed by atoms with van der Waals surface area (Å²) in [5.74, 6) is -0.707. The highest BCUT2D eigenvalue weighted by Gasteiger charge is 1.94. The van der Waals surface area contributed by atoms with Crippen LogP contribution in [0.2, 0.25) is 0 Å². The molecule has 0 aromatic carbocycles. The summed E-state index contributed by atoms with van der Waals surface area (Å²) in [6, 6.07) is 0. The summed E-state index contributed by atoms with van der Waals surface area (Å²) >= 11 is 0. The van der Waals surface area contributed by atoms with Gasteiger partial charge < -0.3 is 5.11 Å². The van der Waals surface area contributed by atoms with Crippen molar-refractivity contribution in [1.82, 2.24) is 0 Å². The molecular formula is C20H36O2. The minimum atomic E-state index is -0.707. The largest absolute Gasteiger partial charge is 0.481 e. The van der Waals surface area contributed by atoms with Crippen LogP contribution in [-0.2, 0) is 4.79 Å². The second-order valence-electron chi connectivity index (χ2n) is 6.16. The molecule has 0 unspecified atom stereocenters. The number of rotatable bonds is 17. The van der Waals surface area contributed by atoms with Crippen LogP contribution in [0.25, 0.3) is 0 Å². The summed E-state index contributed by atoms with van der Waals surface area (Å²) in [4.78, 5) is 10.3. The van der Waals surface area contributed by atoms with E-state index in [0.29, 0.717) is 6.42 Å². The molecule has 0 rings (SSSR count). The van der Waals surface area contributed by atoms with E-state index in [9.17, 15) is 4.79 Å². The molecule has 0 bridgehead atoms. The van der Waals surface area contributed by atoms with Gasteiger partial charge in [0.15, 0.2) is 0 Å². The molecule has 0 spiro atoms. The zero-order valence-electron chi connectivity index (χ0n) is 14.4. The summed E-state index contributed by atoms with van der Waals surface area (Å²) in [5, 5.41) is 8.50. The van der Waals surface area contributed by atoms with E-state index < -0.39 is 5.97 Å². The van der Waals surface area contributed by atoms with Gasteiger partial charge in [-0.2, -0.15) is 0 Å². The lowest BCUT2D eigenvalue weighted by Crippen LogP contribution is -1.91. The fourth-order valence-corrected chi connectivity index (χ4v) is 2.58. The van der Waals surface area contributed by atoms with Crippen LogP contribution in [0.15, 0.2) is 24.8 Å². The number of carboxylic acid groups (broad SMARTS) is 1. The Hall–Kier alpha value is -1.05. The number of hydrogen-bond acceptors (Lipinski definition) is 1. The molecule has 1 N–H and O–H groups in total. The van der Waals surface area contributed by atoms with Gasteiger partial charge in [-0.05, 0) is 32.1 Å². The highest BCUT2D eigenvalue weighted by atomic mass is 16.4. The number of carbonyl (C=O) groups is 1. The molecule has 0 atom stereocenters. The van der Waals surface area contributed by atoms with E-state index in [-0.39, 0.29) is 6.42 Å². The molecule has 2 heteroatoms. The van der Waals surface area contributed by atoms with Crippen molar-refractivity contribution in [3.63, 3.8) is 0 Å². The fraction of sp³-hybridized carbons (Fsp3) is 0.750. The third-order valence-corrected chi connectivity index (χ3v) is 3.97. The van der Waals surface area contributed by atoms with Crippen LogP contribution < -0.4 is 0 Å². The molecule has 22 heavy (non-hydrogen) atoms. The average Bonchev–Trinajstić information content (AvgIpc) is 2.50. The maximum atomic E-state index is 10.3. The summed E-state index contributed by atoms with van der Waals surface area (Å²) < 4.78 is 0. The van der Waals surface area contributed by atoms with Crippen molar-refractivity contribution < 1.29 is 9.90 Å². The first-order valence-electron chi connectivity index (χ1n) is 9.25. The summed E-state index contributed by atoms with van der Waals surface area (Å²) in [6.07, 6.45) is 24.3. The van der Waals surface area contributed by atoms with Crippen LogP contribution in [0, 0.1) is 0 Å². The SMILES string of the molecule is C=CCCCCCCCCCCCCCC=CCCC(=O)O. The van der Waals surface area contributed by atoms with E-state index in [2.05, 4.69) is 12.7 Å². The first kappa shape index (κ1) is 20.9. The van der Waals surface area contributed by atoms with Crippen molar-refractivity contribution in [2.45, 2.75) is 96.3 Å². The number of allylic oxidation sites excluding steroid dienone is 3. The van der Waals surface area contributed by atoms with E-state index in [4.69, 9.17) is 5.11 Å². The van der Waals surface area contributed by atoms with E-state index in [1.807, 2.05) is 12.2 Å². The monoisotopic (exact) mass is 308 g/mol. The first-order chi connectivity index (χ1) is 10.8. The fourth-order valence-electron chi connectivity index (χ4n) is 2.58. The van der Waals surface area contributed by atoms with Crippen LogP contribution in [0.5, 0.6) is 0 Å². The molecule has 0 heterocycles. The summed E-state index contributed by atoms with van der Waals surface area (Å²) in [5.41, 5.74) is 0. The van der Waals surface area contributed by atoms with E-state index in [0.717, 1.165) is 6.42 Å². The first-order valence-corrected chi connectivity index (χ1v) is 9.25. The maximum absolute atomic E-state index is 10.3. The maximum Gasteiger partial charge on any atom is 0.303 e. The van der Waals surface area contributed by atoms with Gasteiger partial charge in [0, 0.05) is 6.42 Å². The minimum Gasteiger partial charge on any atom is -0.481 e. The molecule has 0 fully saturated rings. The van der Waals surface area contributed by atoms with Gasteiger partial charge >= 0.3 is 5.97 Å². The van der Waals surface area contributed by atoms with E-state index in [1.54, 1.807) is 0 Å². The second-order valence-corrected chi connectivity index (χ2v) is 6.16. The Morgan fingerprint density at radius 2 is 1.09 bits per heavy atom. The average molecular weight is 309 g/mol. The predicted octanol–water partition coefficient (Wildman–Crippen LogP) is 6.66. The Morgan fingerprint density at radius 1 is 0.682 bits per heavy atom. The Balaban J connectivity index is 3.05. The third kappa shape index (κ3) is 18.9. The van der Waals surface area contributed by atoms with Gasteiger partial charge in [0.2, 0.25) is 0 Å². The molecule has 2 nitrogen and oxygen atoms in total. The molecule has 0 saturated heterocycles. The van der Waals surface area contributed by atoms with Crippen molar-refractivity contribution in [2.24, 2.45) is 0 Å². The Labute approximate surface area is 137 Å². The number of hydrogen-bond donors (Lipinski definition) is 1. The lowest BCUT2D eigenvalue weighted by Gasteiger charge is -2.02. The van der Waals surface area contributed by atoms with Crippen molar-refractivity contribution in [3.05, 3.63) is 24.8 Å². The van der Waals surface area contributed by atoms with Gasteiger partial charge in [-0.3, -0.25) is 4.79 Å². The third-order valence-electron chi connectivity index (χ3n) is 3.97. The van der Waals surface area contributed by atoms with Crippen molar-refractivity contribution >= 4 is 5.97 Å². The minimum absolute atomic E-state index is 0.255. The normalized spacial score (nSPS) is 11.1.